The average molecular weight is 690 g/mol. The summed E-state index contributed by atoms with van der Waals surface area (Å²) in [6, 6.07) is 17.3. The lowest BCUT2D eigenvalue weighted by Crippen LogP contribution is -2.39. The quantitative estimate of drug-likeness (QED) is 0.143. The highest BCUT2D eigenvalue weighted by molar-refractivity contribution is 6.39. The summed E-state index contributed by atoms with van der Waals surface area (Å²) in [6.45, 7) is 5.08. The number of methoxy groups -OCH3 is 1. The summed E-state index contributed by atoms with van der Waals surface area (Å²) >= 11 is 14.1. The summed E-state index contributed by atoms with van der Waals surface area (Å²) in [6.07, 6.45) is 2.66. The minimum absolute atomic E-state index is 0.00165. The number of pyridine rings is 2. The number of aliphatic hydroxyl groups excluding tert-OH is 1. The first-order chi connectivity index (χ1) is 23.2. The monoisotopic (exact) mass is 688 g/mol. The number of benzene rings is 2. The minimum Gasteiger partial charge on any atom is -0.481 e. The molecule has 4 N–H and O–H groups in total. The molecule has 10 nitrogen and oxygen atoms in total. The summed E-state index contributed by atoms with van der Waals surface area (Å²) in [5.74, 6) is 0.567. The Morgan fingerprint density at radius 3 is 2.62 bits per heavy atom. The molecule has 2 aliphatic heterocycles. The molecule has 4 aromatic rings. The van der Waals surface area contributed by atoms with E-state index in [2.05, 4.69) is 20.9 Å². The first kappa shape index (κ1) is 33.8. The van der Waals surface area contributed by atoms with E-state index in [1.165, 1.54) is 0 Å². The number of amides is 2. The van der Waals surface area contributed by atoms with Gasteiger partial charge in [0.1, 0.15) is 0 Å². The Hall–Kier alpha value is -4.06. The molecule has 0 aliphatic carbocycles. The Bertz CT molecular complexity index is 1830. The van der Waals surface area contributed by atoms with Crippen molar-refractivity contribution < 1.29 is 19.4 Å². The second-order valence-corrected chi connectivity index (χ2v) is 12.9. The fraction of sp³-hybridized carbons (Fsp3) is 0.333. The van der Waals surface area contributed by atoms with Gasteiger partial charge < -0.3 is 30.7 Å². The Labute approximate surface area is 289 Å². The van der Waals surface area contributed by atoms with E-state index in [1.807, 2.05) is 59.5 Å². The molecule has 4 heterocycles. The second-order valence-electron chi connectivity index (χ2n) is 12.1. The molecule has 0 saturated carbocycles. The van der Waals surface area contributed by atoms with Crippen molar-refractivity contribution in [1.82, 2.24) is 30.8 Å². The predicted octanol–water partition coefficient (Wildman–Crippen LogP) is 5.09. The first-order valence-corrected chi connectivity index (χ1v) is 16.8. The van der Waals surface area contributed by atoms with Crippen molar-refractivity contribution in [2.75, 3.05) is 33.3 Å². The molecular weight excluding hydrogens is 651 g/mol. The van der Waals surface area contributed by atoms with Gasteiger partial charge in [0.2, 0.25) is 11.8 Å². The molecule has 12 heteroatoms. The van der Waals surface area contributed by atoms with Gasteiger partial charge in [-0.2, -0.15) is 0 Å². The summed E-state index contributed by atoms with van der Waals surface area (Å²) in [4.78, 5) is 35.7. The van der Waals surface area contributed by atoms with Crippen LogP contribution < -0.4 is 20.7 Å². The van der Waals surface area contributed by atoms with Crippen LogP contribution in [0.25, 0.3) is 33.6 Å². The maximum absolute atomic E-state index is 13.1. The predicted molar refractivity (Wildman–Crippen MR) is 187 cm³/mol. The molecule has 2 aromatic heterocycles. The van der Waals surface area contributed by atoms with Gasteiger partial charge in [0.05, 0.1) is 34.6 Å². The van der Waals surface area contributed by atoms with E-state index >= 15 is 0 Å². The van der Waals surface area contributed by atoms with Crippen molar-refractivity contribution in [2.24, 2.45) is 0 Å². The Balaban J connectivity index is 1.19. The van der Waals surface area contributed by atoms with Gasteiger partial charge in [-0.25, -0.2) is 4.98 Å². The van der Waals surface area contributed by atoms with E-state index < -0.39 is 6.10 Å². The zero-order chi connectivity index (χ0) is 33.8. The molecule has 0 unspecified atom stereocenters. The largest absolute Gasteiger partial charge is 0.481 e. The lowest BCUT2D eigenvalue weighted by Gasteiger charge is -2.17. The van der Waals surface area contributed by atoms with E-state index in [0.29, 0.717) is 78.6 Å². The highest BCUT2D eigenvalue weighted by atomic mass is 35.5. The molecule has 48 heavy (non-hydrogen) atoms. The number of nitrogens with one attached hydrogen (secondary N) is 3. The van der Waals surface area contributed by atoms with Crippen LogP contribution in [0.2, 0.25) is 10.0 Å². The van der Waals surface area contributed by atoms with E-state index in [1.54, 1.807) is 20.2 Å². The van der Waals surface area contributed by atoms with Crippen molar-refractivity contribution in [3.05, 3.63) is 87.5 Å². The molecule has 0 radical (unpaired) electrons. The highest BCUT2D eigenvalue weighted by Gasteiger charge is 2.28. The molecule has 1 saturated heterocycles. The smallest absolute Gasteiger partial charge is 0.254 e. The van der Waals surface area contributed by atoms with Gasteiger partial charge in [-0.05, 0) is 43.2 Å². The molecule has 1 fully saturated rings. The maximum atomic E-state index is 13.1. The lowest BCUT2D eigenvalue weighted by atomic mass is 9.98. The number of rotatable bonds is 13. The van der Waals surface area contributed by atoms with Crippen molar-refractivity contribution in [3.8, 4) is 39.5 Å². The molecule has 250 valence electrons. The number of nitrogens with zero attached hydrogens (tertiary/aromatic N) is 3. The number of carbonyl (C=O) groups excluding carboxylic acids is 2. The molecule has 0 bridgehead atoms. The zero-order valence-electron chi connectivity index (χ0n) is 26.9. The number of aromatic nitrogens is 2. The number of fused-ring (bicyclic) bond motifs is 1. The fourth-order valence-corrected chi connectivity index (χ4v) is 6.81. The number of ether oxygens (including phenoxy) is 1. The van der Waals surface area contributed by atoms with Gasteiger partial charge >= 0.3 is 0 Å². The first-order valence-electron chi connectivity index (χ1n) is 16.0. The number of hydrogen-bond acceptors (Lipinski definition) is 8. The zero-order valence-corrected chi connectivity index (χ0v) is 28.4. The normalized spacial score (nSPS) is 16.3. The number of aliphatic hydroxyl groups is 1. The van der Waals surface area contributed by atoms with Gasteiger partial charge in [0.25, 0.3) is 5.91 Å². The van der Waals surface area contributed by atoms with E-state index in [9.17, 15) is 14.7 Å². The van der Waals surface area contributed by atoms with Gasteiger partial charge in [-0.1, -0.05) is 53.5 Å². The molecular formula is C36H38Cl2N6O4. The van der Waals surface area contributed by atoms with Crippen LogP contribution in [0.5, 0.6) is 5.88 Å². The molecule has 6 rings (SSSR count). The Morgan fingerprint density at radius 2 is 1.85 bits per heavy atom. The van der Waals surface area contributed by atoms with Crippen LogP contribution >= 0.6 is 23.2 Å². The van der Waals surface area contributed by atoms with Crippen LogP contribution in [0.3, 0.4) is 0 Å². The fourth-order valence-electron chi connectivity index (χ4n) is 6.17. The van der Waals surface area contributed by atoms with Crippen molar-refractivity contribution in [3.63, 3.8) is 0 Å². The molecule has 2 atom stereocenters. The molecule has 2 amide bonds. The van der Waals surface area contributed by atoms with Crippen molar-refractivity contribution >= 4 is 35.0 Å². The van der Waals surface area contributed by atoms with E-state index in [4.69, 9.17) is 32.9 Å². The van der Waals surface area contributed by atoms with Crippen LogP contribution in [-0.4, -0.2) is 77.2 Å². The molecule has 0 spiro atoms. The maximum Gasteiger partial charge on any atom is 0.254 e. The third-order valence-electron chi connectivity index (χ3n) is 8.63. The summed E-state index contributed by atoms with van der Waals surface area (Å²) < 4.78 is 5.57. The van der Waals surface area contributed by atoms with Crippen molar-refractivity contribution in [1.29, 1.82) is 0 Å². The standard InChI is InChI=1S/C36H38Cl2N6O4/c1-21(45)17-40-18-23-7-10-30(43-35(23)48-2)29-5-3-4-27(32(29)37)28-12-13-41-34(33(28)38)22-6-9-26-24(16-22)20-44(36(26)47)15-14-39-19-25-8-11-31(46)42-25/h3-7,9-10,12-13,16,21,25,39-40,45H,8,11,14-15,17-20H2,1-2H3,(H,42,46)/t21-,25-/m1/s1. The van der Waals surface area contributed by atoms with Crippen LogP contribution in [0.1, 0.15) is 41.3 Å². The average Bonchev–Trinajstić information content (AvgIpc) is 3.64. The Morgan fingerprint density at radius 1 is 1.04 bits per heavy atom. The van der Waals surface area contributed by atoms with Crippen molar-refractivity contribution in [2.45, 2.75) is 45.0 Å². The Kier molecular flexibility index (Phi) is 10.6. The van der Waals surface area contributed by atoms with Gasteiger partial charge in [0, 0.05) is 91.3 Å². The van der Waals surface area contributed by atoms with Crippen LogP contribution in [-0.2, 0) is 17.9 Å². The molecule has 2 aromatic carbocycles. The van der Waals surface area contributed by atoms with E-state index in [0.717, 1.165) is 39.8 Å². The second kappa shape index (κ2) is 15.0. The number of carbonyl (C=O) groups is 2. The summed E-state index contributed by atoms with van der Waals surface area (Å²) in [5, 5.41) is 20.0. The molecule has 2 aliphatic rings. The SMILES string of the molecule is COc1nc(-c2cccc(-c3ccnc(-c4ccc5c(c4)CN(CCNC[C@H]4CCC(=O)N4)C5=O)c3Cl)c2Cl)ccc1CNC[C@@H](C)O. The minimum atomic E-state index is -0.458. The van der Waals surface area contributed by atoms with Crippen LogP contribution in [0.15, 0.2) is 60.8 Å². The highest BCUT2D eigenvalue weighted by Crippen LogP contribution is 2.42. The topological polar surface area (TPSA) is 129 Å². The number of hydrogen-bond donors (Lipinski definition) is 4. The number of halogens is 2. The third kappa shape index (κ3) is 7.33. The summed E-state index contributed by atoms with van der Waals surface area (Å²) in [5.41, 5.74) is 6.71. The van der Waals surface area contributed by atoms with Crippen LogP contribution in [0.4, 0.5) is 0 Å². The van der Waals surface area contributed by atoms with Gasteiger partial charge in [0.15, 0.2) is 0 Å². The van der Waals surface area contributed by atoms with E-state index in [-0.39, 0.29) is 17.9 Å². The van der Waals surface area contributed by atoms with Crippen LogP contribution in [0, 0.1) is 0 Å². The van der Waals surface area contributed by atoms with Gasteiger partial charge in [-0.3, -0.25) is 14.6 Å². The lowest BCUT2D eigenvalue weighted by molar-refractivity contribution is -0.119. The summed E-state index contributed by atoms with van der Waals surface area (Å²) in [7, 11) is 1.57. The third-order valence-corrected chi connectivity index (χ3v) is 9.42. The van der Waals surface area contributed by atoms with Gasteiger partial charge in [-0.15, -0.1) is 0 Å².